The fraction of sp³-hybridized carbons (Fsp3) is 0.0714. The lowest BCUT2D eigenvalue weighted by atomic mass is 10.2. The largest absolute Gasteiger partial charge is 0.444 e. The summed E-state index contributed by atoms with van der Waals surface area (Å²) in [7, 11) is 0. The van der Waals surface area contributed by atoms with Crippen molar-refractivity contribution in [1.29, 1.82) is 0 Å². The summed E-state index contributed by atoms with van der Waals surface area (Å²) in [6.45, 7) is 0.436. The van der Waals surface area contributed by atoms with Gasteiger partial charge in [0.05, 0.1) is 10.9 Å². The quantitative estimate of drug-likeness (QED) is 0.776. The van der Waals surface area contributed by atoms with E-state index in [9.17, 15) is 0 Å². The third kappa shape index (κ3) is 2.49. The first-order valence-corrected chi connectivity index (χ1v) is 7.35. The van der Waals surface area contributed by atoms with E-state index < -0.39 is 0 Å². The minimum absolute atomic E-state index is 0.436. The summed E-state index contributed by atoms with van der Waals surface area (Å²) in [5, 5.41) is 1.83. The lowest BCUT2D eigenvalue weighted by Crippen LogP contribution is -1.99. The van der Waals surface area contributed by atoms with Crippen LogP contribution in [-0.4, -0.2) is 4.37 Å². The molecule has 0 aliphatic carbocycles. The maximum absolute atomic E-state index is 5.96. The zero-order chi connectivity index (χ0) is 13.2. The molecule has 0 aliphatic rings. The number of hydrogen-bond acceptors (Lipinski definition) is 4. The molecule has 0 amide bonds. The van der Waals surface area contributed by atoms with Gasteiger partial charge < -0.3 is 10.5 Å². The summed E-state index contributed by atoms with van der Waals surface area (Å²) < 4.78 is 11.3. The maximum atomic E-state index is 5.96. The smallest absolute Gasteiger partial charge is 0.207 e. The molecule has 0 unspecified atom stereocenters. The molecule has 3 rings (SSSR count). The van der Waals surface area contributed by atoms with Gasteiger partial charge in [0, 0.05) is 28.1 Å². The average Bonchev–Trinajstić information content (AvgIpc) is 2.84. The molecule has 3 aromatic rings. The van der Waals surface area contributed by atoms with Crippen molar-refractivity contribution in [3.8, 4) is 10.8 Å². The minimum atomic E-state index is 0.436. The first-order chi connectivity index (χ1) is 9.28. The highest BCUT2D eigenvalue weighted by molar-refractivity contribution is 9.10. The van der Waals surface area contributed by atoms with E-state index in [1.165, 1.54) is 11.5 Å². The predicted molar refractivity (Wildman–Crippen MR) is 81.7 cm³/mol. The van der Waals surface area contributed by atoms with Crippen LogP contribution in [0, 0.1) is 0 Å². The van der Waals surface area contributed by atoms with E-state index in [4.69, 9.17) is 10.5 Å². The van der Waals surface area contributed by atoms with E-state index in [-0.39, 0.29) is 0 Å². The first-order valence-electron chi connectivity index (χ1n) is 5.78. The molecule has 0 spiro atoms. The zero-order valence-corrected chi connectivity index (χ0v) is 12.4. The van der Waals surface area contributed by atoms with E-state index in [1.807, 2.05) is 42.5 Å². The van der Waals surface area contributed by atoms with Crippen LogP contribution in [0.25, 0.3) is 10.9 Å². The van der Waals surface area contributed by atoms with Crippen LogP contribution in [0.15, 0.2) is 46.9 Å². The van der Waals surface area contributed by atoms with E-state index in [2.05, 4.69) is 20.3 Å². The summed E-state index contributed by atoms with van der Waals surface area (Å²) >= 11 is 4.79. The molecule has 0 fully saturated rings. The number of fused-ring (bicyclic) bond motifs is 1. The number of hydrogen-bond donors (Lipinski definition) is 1. The number of nitrogens with two attached hydrogens (primary N) is 1. The van der Waals surface area contributed by atoms with Gasteiger partial charge in [-0.2, -0.15) is 4.37 Å². The second kappa shape index (κ2) is 5.28. The lowest BCUT2D eigenvalue weighted by Gasteiger charge is -2.08. The molecule has 0 bridgehead atoms. The minimum Gasteiger partial charge on any atom is -0.444 e. The number of aromatic nitrogens is 1. The first kappa shape index (κ1) is 12.6. The average molecular weight is 335 g/mol. The lowest BCUT2D eigenvalue weighted by molar-refractivity contribution is 0.494. The Balaban J connectivity index is 2.01. The third-order valence-electron chi connectivity index (χ3n) is 2.80. The van der Waals surface area contributed by atoms with Gasteiger partial charge in [0.25, 0.3) is 0 Å². The number of rotatable bonds is 3. The van der Waals surface area contributed by atoms with Crippen LogP contribution >= 0.6 is 27.5 Å². The summed E-state index contributed by atoms with van der Waals surface area (Å²) in [5.41, 5.74) is 7.67. The van der Waals surface area contributed by atoms with Gasteiger partial charge in [-0.25, -0.2) is 0 Å². The molecular formula is C14H11BrN2OS. The van der Waals surface area contributed by atoms with Gasteiger partial charge in [0.15, 0.2) is 0 Å². The molecule has 0 radical (unpaired) electrons. The van der Waals surface area contributed by atoms with Gasteiger partial charge in [-0.05, 0) is 30.3 Å². The predicted octanol–water partition coefficient (Wildman–Crippen LogP) is 4.31. The number of benzene rings is 2. The van der Waals surface area contributed by atoms with Gasteiger partial charge in [0.2, 0.25) is 5.06 Å². The molecule has 0 atom stereocenters. The summed E-state index contributed by atoms with van der Waals surface area (Å²) in [6, 6.07) is 13.8. The van der Waals surface area contributed by atoms with Crippen molar-refractivity contribution in [1.82, 2.24) is 4.37 Å². The van der Waals surface area contributed by atoms with Gasteiger partial charge >= 0.3 is 0 Å². The monoisotopic (exact) mass is 334 g/mol. The Hall–Kier alpha value is -1.43. The third-order valence-corrected chi connectivity index (χ3v) is 4.05. The second-order valence-corrected chi connectivity index (χ2v) is 5.70. The normalized spacial score (nSPS) is 10.8. The van der Waals surface area contributed by atoms with Crippen molar-refractivity contribution in [3.05, 3.63) is 52.5 Å². The molecule has 2 N–H and O–H groups in total. The van der Waals surface area contributed by atoms with Crippen LogP contribution in [0.3, 0.4) is 0 Å². The molecule has 0 saturated carbocycles. The molecule has 0 saturated heterocycles. The topological polar surface area (TPSA) is 48.1 Å². The fourth-order valence-corrected chi connectivity index (χ4v) is 2.99. The molecule has 96 valence electrons. The molecule has 1 aromatic heterocycles. The highest BCUT2D eigenvalue weighted by Crippen LogP contribution is 2.35. The van der Waals surface area contributed by atoms with Crippen molar-refractivity contribution in [2.45, 2.75) is 6.54 Å². The van der Waals surface area contributed by atoms with Crippen LogP contribution in [0.2, 0.25) is 0 Å². The Labute approximate surface area is 123 Å². The molecular weight excluding hydrogens is 324 g/mol. The zero-order valence-electron chi connectivity index (χ0n) is 9.97. The van der Waals surface area contributed by atoms with Crippen LogP contribution in [0.4, 0.5) is 0 Å². The Morgan fingerprint density at radius 1 is 1.21 bits per heavy atom. The van der Waals surface area contributed by atoms with Crippen LogP contribution in [0.5, 0.6) is 10.8 Å². The second-order valence-electron chi connectivity index (χ2n) is 4.05. The standard InChI is InChI=1S/C14H11BrN2OS/c15-10-5-6-13(9(7-10)8-16)18-14-11-3-1-2-4-12(11)17-19-14/h1-7H,8,16H2. The van der Waals surface area contributed by atoms with Crippen molar-refractivity contribution in [3.63, 3.8) is 0 Å². The molecule has 1 heterocycles. The molecule has 3 nitrogen and oxygen atoms in total. The van der Waals surface area contributed by atoms with Gasteiger partial charge in [-0.1, -0.05) is 28.1 Å². The van der Waals surface area contributed by atoms with Crippen molar-refractivity contribution in [2.75, 3.05) is 0 Å². The molecule has 2 aromatic carbocycles. The summed E-state index contributed by atoms with van der Waals surface area (Å²) in [6.07, 6.45) is 0. The van der Waals surface area contributed by atoms with Gasteiger partial charge in [0.1, 0.15) is 5.75 Å². The van der Waals surface area contributed by atoms with Gasteiger partial charge in [-0.15, -0.1) is 0 Å². The van der Waals surface area contributed by atoms with Gasteiger partial charge in [-0.3, -0.25) is 0 Å². The van der Waals surface area contributed by atoms with Crippen LogP contribution in [0.1, 0.15) is 5.56 Å². The van der Waals surface area contributed by atoms with Crippen molar-refractivity contribution >= 4 is 38.4 Å². The SMILES string of the molecule is NCc1cc(Br)ccc1Oc1snc2ccccc12. The number of ether oxygens (including phenoxy) is 1. The van der Waals surface area contributed by atoms with E-state index in [0.29, 0.717) is 6.54 Å². The van der Waals surface area contributed by atoms with E-state index in [0.717, 1.165) is 31.8 Å². The number of halogens is 1. The van der Waals surface area contributed by atoms with E-state index >= 15 is 0 Å². The van der Waals surface area contributed by atoms with Crippen molar-refractivity contribution < 1.29 is 4.74 Å². The summed E-state index contributed by atoms with van der Waals surface area (Å²) in [5.74, 6) is 0.778. The molecule has 0 aliphatic heterocycles. The maximum Gasteiger partial charge on any atom is 0.207 e. The highest BCUT2D eigenvalue weighted by Gasteiger charge is 2.10. The van der Waals surface area contributed by atoms with Crippen LogP contribution in [-0.2, 0) is 6.54 Å². The van der Waals surface area contributed by atoms with Crippen LogP contribution < -0.4 is 10.5 Å². The Bertz CT molecular complexity index is 726. The summed E-state index contributed by atoms with van der Waals surface area (Å²) in [4.78, 5) is 0. The number of nitrogens with zero attached hydrogens (tertiary/aromatic N) is 1. The molecule has 19 heavy (non-hydrogen) atoms. The van der Waals surface area contributed by atoms with Crippen molar-refractivity contribution in [2.24, 2.45) is 5.73 Å². The Morgan fingerprint density at radius 3 is 2.89 bits per heavy atom. The Morgan fingerprint density at radius 2 is 2.05 bits per heavy atom. The fourth-order valence-electron chi connectivity index (χ4n) is 1.85. The van der Waals surface area contributed by atoms with E-state index in [1.54, 1.807) is 0 Å². The highest BCUT2D eigenvalue weighted by atomic mass is 79.9. The molecule has 5 heteroatoms. The Kier molecular flexibility index (Phi) is 3.50.